The number of halogens is 1. The molecule has 0 atom stereocenters. The van der Waals surface area contributed by atoms with Crippen molar-refractivity contribution in [2.75, 3.05) is 5.75 Å². The minimum atomic E-state index is -0.0563. The number of rotatable bonds is 11. The Morgan fingerprint density at radius 1 is 1.10 bits per heavy atom. The maximum atomic E-state index is 12.3. The first kappa shape index (κ1) is 22.3. The van der Waals surface area contributed by atoms with E-state index >= 15 is 0 Å². The zero-order valence-corrected chi connectivity index (χ0v) is 18.6. The van der Waals surface area contributed by atoms with Crippen LogP contribution in [0, 0.1) is 0 Å². The number of aromatic nitrogens is 4. The van der Waals surface area contributed by atoms with Gasteiger partial charge in [-0.05, 0) is 42.8 Å². The Labute approximate surface area is 186 Å². The second-order valence-electron chi connectivity index (χ2n) is 6.91. The SMILES string of the molecule is CCCCCCn1c(SCC(=O)NCc2ccccn2)nnc1-c1ccc(Cl)cc1. The van der Waals surface area contributed by atoms with E-state index < -0.39 is 0 Å². The molecule has 158 valence electrons. The minimum Gasteiger partial charge on any atom is -0.350 e. The third-order valence-electron chi connectivity index (χ3n) is 4.58. The fraction of sp³-hybridized carbons (Fsp3) is 0.364. The molecule has 0 saturated carbocycles. The maximum Gasteiger partial charge on any atom is 0.230 e. The van der Waals surface area contributed by atoms with Crippen LogP contribution in [0.5, 0.6) is 0 Å². The smallest absolute Gasteiger partial charge is 0.230 e. The zero-order chi connectivity index (χ0) is 21.2. The molecule has 1 amide bonds. The first-order valence-corrected chi connectivity index (χ1v) is 11.5. The number of unbranched alkanes of at least 4 members (excludes halogenated alkanes) is 3. The number of nitrogens with one attached hydrogen (secondary N) is 1. The molecular formula is C22H26ClN5OS. The molecule has 0 unspecified atom stereocenters. The van der Waals surface area contributed by atoms with Crippen LogP contribution in [0.3, 0.4) is 0 Å². The number of carbonyl (C=O) groups excluding carboxylic acids is 1. The Morgan fingerprint density at radius 3 is 2.67 bits per heavy atom. The van der Waals surface area contributed by atoms with Gasteiger partial charge in [0.1, 0.15) is 0 Å². The van der Waals surface area contributed by atoms with E-state index in [4.69, 9.17) is 11.6 Å². The summed E-state index contributed by atoms with van der Waals surface area (Å²) in [5, 5.41) is 13.1. The lowest BCUT2D eigenvalue weighted by atomic mass is 10.2. The lowest BCUT2D eigenvalue weighted by molar-refractivity contribution is -0.118. The van der Waals surface area contributed by atoms with Crippen LogP contribution in [0.15, 0.2) is 53.8 Å². The molecule has 6 nitrogen and oxygen atoms in total. The molecule has 3 aromatic rings. The van der Waals surface area contributed by atoms with Crippen molar-refractivity contribution >= 4 is 29.3 Å². The summed E-state index contributed by atoms with van der Waals surface area (Å²) >= 11 is 7.43. The van der Waals surface area contributed by atoms with Crippen molar-refractivity contribution in [3.63, 3.8) is 0 Å². The Kier molecular flexibility index (Phi) is 8.71. The number of amides is 1. The lowest BCUT2D eigenvalue weighted by Gasteiger charge is -2.10. The third kappa shape index (κ3) is 6.57. The molecule has 0 aliphatic heterocycles. The molecule has 0 aliphatic carbocycles. The van der Waals surface area contributed by atoms with E-state index in [-0.39, 0.29) is 11.7 Å². The summed E-state index contributed by atoms with van der Waals surface area (Å²) in [5.41, 5.74) is 1.80. The van der Waals surface area contributed by atoms with Gasteiger partial charge in [-0.3, -0.25) is 9.78 Å². The average molecular weight is 444 g/mol. The highest BCUT2D eigenvalue weighted by Crippen LogP contribution is 2.26. The van der Waals surface area contributed by atoms with Crippen LogP contribution in [-0.4, -0.2) is 31.4 Å². The van der Waals surface area contributed by atoms with Crippen molar-refractivity contribution in [1.82, 2.24) is 25.1 Å². The third-order valence-corrected chi connectivity index (χ3v) is 5.80. The molecule has 0 bridgehead atoms. The van der Waals surface area contributed by atoms with Crippen LogP contribution in [0.1, 0.15) is 38.3 Å². The molecule has 2 heterocycles. The predicted molar refractivity (Wildman–Crippen MR) is 121 cm³/mol. The number of benzene rings is 1. The van der Waals surface area contributed by atoms with Gasteiger partial charge < -0.3 is 9.88 Å². The number of carbonyl (C=O) groups is 1. The Balaban J connectivity index is 1.65. The number of nitrogens with zero attached hydrogens (tertiary/aromatic N) is 4. The first-order chi connectivity index (χ1) is 14.7. The molecule has 30 heavy (non-hydrogen) atoms. The van der Waals surface area contributed by atoms with Crippen LogP contribution >= 0.6 is 23.4 Å². The summed E-state index contributed by atoms with van der Waals surface area (Å²) in [6.07, 6.45) is 6.31. The Hall–Kier alpha value is -2.38. The van der Waals surface area contributed by atoms with Gasteiger partial charge in [-0.25, -0.2) is 0 Å². The summed E-state index contributed by atoms with van der Waals surface area (Å²) in [4.78, 5) is 16.5. The van der Waals surface area contributed by atoms with Crippen LogP contribution in [0.4, 0.5) is 0 Å². The highest BCUT2D eigenvalue weighted by Gasteiger charge is 2.15. The van der Waals surface area contributed by atoms with E-state index in [1.807, 2.05) is 42.5 Å². The zero-order valence-electron chi connectivity index (χ0n) is 17.1. The van der Waals surface area contributed by atoms with Crippen molar-refractivity contribution in [2.45, 2.75) is 50.9 Å². The van der Waals surface area contributed by atoms with Crippen LogP contribution in [0.25, 0.3) is 11.4 Å². The van der Waals surface area contributed by atoms with E-state index in [0.717, 1.165) is 41.6 Å². The summed E-state index contributed by atoms with van der Waals surface area (Å²) in [7, 11) is 0. The number of pyridine rings is 1. The minimum absolute atomic E-state index is 0.0563. The molecule has 3 rings (SSSR count). The van der Waals surface area contributed by atoms with Crippen LogP contribution < -0.4 is 5.32 Å². The van der Waals surface area contributed by atoms with Gasteiger partial charge in [0.2, 0.25) is 5.91 Å². The Bertz CT molecular complexity index is 930. The molecular weight excluding hydrogens is 418 g/mol. The summed E-state index contributed by atoms with van der Waals surface area (Å²) in [5.74, 6) is 1.03. The molecule has 1 aromatic carbocycles. The largest absolute Gasteiger partial charge is 0.350 e. The van der Waals surface area contributed by atoms with E-state index in [1.165, 1.54) is 24.6 Å². The molecule has 0 radical (unpaired) electrons. The average Bonchev–Trinajstić information content (AvgIpc) is 3.18. The highest BCUT2D eigenvalue weighted by molar-refractivity contribution is 7.99. The van der Waals surface area contributed by atoms with Crippen molar-refractivity contribution < 1.29 is 4.79 Å². The first-order valence-electron chi connectivity index (χ1n) is 10.2. The standard InChI is InChI=1S/C22H26ClN5OS/c1-2-3-4-7-14-28-21(17-9-11-18(23)12-10-17)26-27-22(28)30-16-20(29)25-15-19-8-5-6-13-24-19/h5-6,8-13H,2-4,7,14-16H2,1H3,(H,25,29). The van der Waals surface area contributed by atoms with E-state index in [2.05, 4.69) is 32.0 Å². The van der Waals surface area contributed by atoms with Gasteiger partial charge in [-0.1, -0.05) is 55.6 Å². The highest BCUT2D eigenvalue weighted by atomic mass is 35.5. The number of hydrogen-bond donors (Lipinski definition) is 1. The van der Waals surface area contributed by atoms with E-state index in [9.17, 15) is 4.79 Å². The van der Waals surface area contributed by atoms with Gasteiger partial charge in [0.25, 0.3) is 0 Å². The van der Waals surface area contributed by atoms with Gasteiger partial charge in [-0.2, -0.15) is 0 Å². The van der Waals surface area contributed by atoms with Gasteiger partial charge >= 0.3 is 0 Å². The summed E-state index contributed by atoms with van der Waals surface area (Å²) in [6, 6.07) is 13.2. The van der Waals surface area contributed by atoms with Crippen molar-refractivity contribution in [3.8, 4) is 11.4 Å². The van der Waals surface area contributed by atoms with E-state index in [0.29, 0.717) is 11.6 Å². The second kappa shape index (κ2) is 11.7. The topological polar surface area (TPSA) is 72.7 Å². The Morgan fingerprint density at radius 2 is 1.93 bits per heavy atom. The quantitative estimate of drug-likeness (QED) is 0.334. The summed E-state index contributed by atoms with van der Waals surface area (Å²) < 4.78 is 2.11. The van der Waals surface area contributed by atoms with Gasteiger partial charge in [0, 0.05) is 23.3 Å². The molecule has 0 aliphatic rings. The van der Waals surface area contributed by atoms with Crippen molar-refractivity contribution in [3.05, 3.63) is 59.4 Å². The summed E-state index contributed by atoms with van der Waals surface area (Å²) in [6.45, 7) is 3.44. The molecule has 0 saturated heterocycles. The van der Waals surface area contributed by atoms with Crippen LogP contribution in [-0.2, 0) is 17.9 Å². The van der Waals surface area contributed by atoms with Gasteiger partial charge in [0.15, 0.2) is 11.0 Å². The number of hydrogen-bond acceptors (Lipinski definition) is 5. The van der Waals surface area contributed by atoms with E-state index in [1.54, 1.807) is 6.20 Å². The van der Waals surface area contributed by atoms with Gasteiger partial charge in [0.05, 0.1) is 18.0 Å². The normalized spacial score (nSPS) is 10.9. The van der Waals surface area contributed by atoms with Crippen LogP contribution in [0.2, 0.25) is 5.02 Å². The number of thioether (sulfide) groups is 1. The molecule has 1 N–H and O–H groups in total. The van der Waals surface area contributed by atoms with Gasteiger partial charge in [-0.15, -0.1) is 10.2 Å². The van der Waals surface area contributed by atoms with Crippen molar-refractivity contribution in [2.24, 2.45) is 0 Å². The second-order valence-corrected chi connectivity index (χ2v) is 8.29. The molecule has 0 fully saturated rings. The lowest BCUT2D eigenvalue weighted by Crippen LogP contribution is -2.25. The van der Waals surface area contributed by atoms with Crippen molar-refractivity contribution in [1.29, 1.82) is 0 Å². The fourth-order valence-electron chi connectivity index (χ4n) is 2.98. The molecule has 0 spiro atoms. The molecule has 2 aromatic heterocycles. The monoisotopic (exact) mass is 443 g/mol. The predicted octanol–water partition coefficient (Wildman–Crippen LogP) is 4.98. The molecule has 8 heteroatoms. The fourth-order valence-corrected chi connectivity index (χ4v) is 3.90. The maximum absolute atomic E-state index is 12.3.